The third-order valence-corrected chi connectivity index (χ3v) is 0.667. The molecule has 0 aliphatic rings. The minimum absolute atomic E-state index is 0. The fraction of sp³-hybridized carbons (Fsp3) is 0.538. The molecule has 1 aromatic carbocycles. The standard InChI is InChI=1S/C6H6.C4H11N.C3H8.HOP/c1-2-4-6-5-3-1;1-4(2,3)5;1-3-2;1-2/h1-6H;5H2,1-3H3;3H2,1-2H3;2H. The van der Waals surface area contributed by atoms with Gasteiger partial charge in [-0.15, -0.1) is 0 Å². The molecule has 0 aliphatic heterocycles. The largest absolute Gasteiger partial charge is 0.326 e. The maximum Gasteiger partial charge on any atom is 0.138 e. The molecular weight excluding hydrogens is 217 g/mol. The summed E-state index contributed by atoms with van der Waals surface area (Å²) in [5, 5.41) is 0. The maximum absolute atomic E-state index is 8.06. The third-order valence-electron chi connectivity index (χ3n) is 0.667. The summed E-state index contributed by atoms with van der Waals surface area (Å²) in [6.07, 6.45) is 1.25. The monoisotopic (exact) mass is 243 g/mol. The summed E-state index contributed by atoms with van der Waals surface area (Å²) in [5.41, 5.74) is 5.35. The van der Waals surface area contributed by atoms with Crippen molar-refractivity contribution in [3.63, 3.8) is 0 Å². The van der Waals surface area contributed by atoms with Gasteiger partial charge in [0.25, 0.3) is 0 Å². The van der Waals surface area contributed by atoms with Crippen molar-refractivity contribution in [1.82, 2.24) is 0 Å². The van der Waals surface area contributed by atoms with Gasteiger partial charge in [0.15, 0.2) is 0 Å². The van der Waals surface area contributed by atoms with Gasteiger partial charge in [0.05, 0.1) is 0 Å². The first-order chi connectivity index (χ1) is 7.41. The van der Waals surface area contributed by atoms with Crippen molar-refractivity contribution in [1.29, 1.82) is 0 Å². The van der Waals surface area contributed by atoms with Gasteiger partial charge in [0, 0.05) is 5.54 Å². The molecule has 2 N–H and O–H groups in total. The Labute approximate surface area is 103 Å². The molecule has 0 atom stereocenters. The molecule has 0 aromatic heterocycles. The zero-order valence-corrected chi connectivity index (χ0v) is 12.2. The van der Waals surface area contributed by atoms with E-state index in [0.717, 1.165) is 0 Å². The Morgan fingerprint density at radius 3 is 1.00 bits per heavy atom. The van der Waals surface area contributed by atoms with E-state index in [1.165, 1.54) is 6.42 Å². The summed E-state index contributed by atoms with van der Waals surface area (Å²) >= 11 is 0. The summed E-state index contributed by atoms with van der Waals surface area (Å²) in [4.78, 5) is 0. The zero-order chi connectivity index (χ0) is 13.4. The van der Waals surface area contributed by atoms with Crippen molar-refractivity contribution in [3.05, 3.63) is 36.4 Å². The second-order valence-corrected chi connectivity index (χ2v) is 4.23. The van der Waals surface area contributed by atoms with Crippen LogP contribution in [0.3, 0.4) is 0 Å². The highest BCUT2D eigenvalue weighted by Crippen LogP contribution is 1.88. The van der Waals surface area contributed by atoms with Gasteiger partial charge in [-0.1, -0.05) is 56.7 Å². The molecule has 0 fully saturated rings. The Hall–Kier alpha value is -0.720. The van der Waals surface area contributed by atoms with Gasteiger partial charge < -0.3 is 5.73 Å². The molecule has 0 spiro atoms. The smallest absolute Gasteiger partial charge is 0.138 e. The molecule has 94 valence electrons. The number of benzene rings is 1. The molecule has 0 saturated carbocycles. The first-order valence-electron chi connectivity index (χ1n) is 5.41. The van der Waals surface area contributed by atoms with Crippen molar-refractivity contribution >= 4 is 9.12 Å². The second kappa shape index (κ2) is 16.7. The van der Waals surface area contributed by atoms with E-state index in [2.05, 4.69) is 13.8 Å². The van der Waals surface area contributed by atoms with Crippen molar-refractivity contribution in [3.8, 4) is 0 Å². The van der Waals surface area contributed by atoms with Crippen LogP contribution in [0.1, 0.15) is 41.0 Å². The third kappa shape index (κ3) is 71.8. The van der Waals surface area contributed by atoms with Gasteiger partial charge in [-0.25, -0.2) is 0 Å². The quantitative estimate of drug-likeness (QED) is 0.689. The molecule has 0 saturated heterocycles. The highest BCUT2D eigenvalue weighted by molar-refractivity contribution is 7.00. The molecule has 0 amide bonds. The van der Waals surface area contributed by atoms with Crippen LogP contribution in [0.2, 0.25) is 0 Å². The highest BCUT2D eigenvalue weighted by atomic mass is 31.0. The number of hydrogen-bond acceptors (Lipinski definition) is 2. The van der Waals surface area contributed by atoms with Gasteiger partial charge in [-0.3, -0.25) is 4.57 Å². The van der Waals surface area contributed by atoms with E-state index in [1.54, 1.807) is 9.12 Å². The fourth-order valence-electron chi connectivity index (χ4n) is 0.385. The molecule has 0 bridgehead atoms. The van der Waals surface area contributed by atoms with Gasteiger partial charge in [0.1, 0.15) is 9.12 Å². The van der Waals surface area contributed by atoms with Crippen LogP contribution in [0.15, 0.2) is 36.4 Å². The van der Waals surface area contributed by atoms with Gasteiger partial charge in [-0.2, -0.15) is 0 Å². The van der Waals surface area contributed by atoms with Crippen molar-refractivity contribution in [2.75, 3.05) is 0 Å². The minimum atomic E-state index is 0. The van der Waals surface area contributed by atoms with Crippen molar-refractivity contribution < 1.29 is 4.57 Å². The van der Waals surface area contributed by atoms with Crippen LogP contribution >= 0.6 is 9.12 Å². The van der Waals surface area contributed by atoms with E-state index < -0.39 is 0 Å². The maximum atomic E-state index is 8.06. The summed E-state index contributed by atoms with van der Waals surface area (Å²) in [7, 11) is 1.72. The summed E-state index contributed by atoms with van der Waals surface area (Å²) < 4.78 is 8.06. The average Bonchev–Trinajstić information content (AvgIpc) is 2.22. The number of hydrogen-bond donors (Lipinski definition) is 1. The Kier molecular flexibility index (Phi) is 21.6. The van der Waals surface area contributed by atoms with E-state index >= 15 is 0 Å². The minimum Gasteiger partial charge on any atom is -0.326 e. The Morgan fingerprint density at radius 1 is 0.875 bits per heavy atom. The lowest BCUT2D eigenvalue weighted by Crippen LogP contribution is -2.26. The van der Waals surface area contributed by atoms with Crippen molar-refractivity contribution in [2.24, 2.45) is 5.73 Å². The lowest BCUT2D eigenvalue weighted by molar-refractivity contribution is 0.580. The van der Waals surface area contributed by atoms with E-state index in [9.17, 15) is 0 Å². The molecule has 0 unspecified atom stereocenters. The van der Waals surface area contributed by atoms with Crippen LogP contribution in [-0.2, 0) is 4.57 Å². The molecule has 0 radical (unpaired) electrons. The number of rotatable bonds is 0. The normalized spacial score (nSPS) is 8.12. The lowest BCUT2D eigenvalue weighted by Gasteiger charge is -2.06. The average molecular weight is 243 g/mol. The SMILES string of the molecule is CC(C)(C)N.CCC.O=P.c1ccccc1. The van der Waals surface area contributed by atoms with Gasteiger partial charge in [0.2, 0.25) is 0 Å². The predicted octanol–water partition coefficient (Wildman–Crippen LogP) is 4.32. The Balaban J connectivity index is -0.000000155. The molecule has 2 nitrogen and oxygen atoms in total. The van der Waals surface area contributed by atoms with Crippen LogP contribution in [0.25, 0.3) is 0 Å². The van der Waals surface area contributed by atoms with Crippen LogP contribution in [0.4, 0.5) is 0 Å². The van der Waals surface area contributed by atoms with Crippen LogP contribution < -0.4 is 5.73 Å². The van der Waals surface area contributed by atoms with E-state index in [4.69, 9.17) is 10.3 Å². The van der Waals surface area contributed by atoms with E-state index in [0.29, 0.717) is 0 Å². The van der Waals surface area contributed by atoms with E-state index in [1.807, 2.05) is 57.2 Å². The second-order valence-electron chi connectivity index (χ2n) is 4.23. The van der Waals surface area contributed by atoms with Gasteiger partial charge in [-0.05, 0) is 20.8 Å². The molecule has 3 heteroatoms. The fourth-order valence-corrected chi connectivity index (χ4v) is 0.385. The summed E-state index contributed by atoms with van der Waals surface area (Å²) in [6.45, 7) is 10.1. The Morgan fingerprint density at radius 2 is 0.938 bits per heavy atom. The molecule has 0 aliphatic carbocycles. The predicted molar refractivity (Wildman–Crippen MR) is 75.3 cm³/mol. The zero-order valence-electron chi connectivity index (χ0n) is 11.2. The molecule has 16 heavy (non-hydrogen) atoms. The van der Waals surface area contributed by atoms with Crippen molar-refractivity contribution in [2.45, 2.75) is 46.6 Å². The van der Waals surface area contributed by atoms with Crippen LogP contribution in [-0.4, -0.2) is 5.54 Å². The Bertz CT molecular complexity index is 164. The molecule has 0 heterocycles. The highest BCUT2D eigenvalue weighted by Gasteiger charge is 1.95. The van der Waals surface area contributed by atoms with Crippen LogP contribution in [0, 0.1) is 0 Å². The lowest BCUT2D eigenvalue weighted by atomic mass is 10.1. The molecule has 1 aromatic rings. The summed E-state index contributed by atoms with van der Waals surface area (Å²) in [6, 6.07) is 12.0. The topological polar surface area (TPSA) is 43.1 Å². The first kappa shape index (κ1) is 20.7. The first-order valence-corrected chi connectivity index (χ1v) is 5.82. The van der Waals surface area contributed by atoms with Crippen LogP contribution in [0.5, 0.6) is 0 Å². The number of nitrogens with two attached hydrogens (primary N) is 1. The van der Waals surface area contributed by atoms with E-state index in [-0.39, 0.29) is 5.54 Å². The summed E-state index contributed by atoms with van der Waals surface area (Å²) in [5.74, 6) is 0. The van der Waals surface area contributed by atoms with Gasteiger partial charge >= 0.3 is 0 Å². The molecular formula is C13H26NOP. The molecule has 1 rings (SSSR count).